The number of pyridine rings is 4. The third-order valence-electron chi connectivity index (χ3n) is 9.81. The van der Waals surface area contributed by atoms with E-state index in [1.807, 2.05) is 61.2 Å². The monoisotopic (exact) mass is 654 g/mol. The molecule has 5 heteroatoms. The second-order valence-corrected chi connectivity index (χ2v) is 18.2. The summed E-state index contributed by atoms with van der Waals surface area (Å²) in [6.45, 7) is 18.4. The Labute approximate surface area is 291 Å². The van der Waals surface area contributed by atoms with E-state index in [9.17, 15) is 0 Å². The van der Waals surface area contributed by atoms with Gasteiger partial charge < -0.3 is 0 Å². The summed E-state index contributed by atoms with van der Waals surface area (Å²) in [5.41, 5.74) is 18.7. The van der Waals surface area contributed by atoms with E-state index < -0.39 is 8.07 Å². The molecule has 1 aliphatic rings. The molecule has 4 nitrogen and oxygen atoms in total. The fourth-order valence-electron chi connectivity index (χ4n) is 8.00. The van der Waals surface area contributed by atoms with Gasteiger partial charge in [-0.15, -0.1) is 0 Å². The number of aryl methyl sites for hydroxylation is 6. The molecule has 0 amide bonds. The summed E-state index contributed by atoms with van der Waals surface area (Å²) >= 11 is 0. The predicted molar refractivity (Wildman–Crippen MR) is 207 cm³/mol. The minimum Gasteiger partial charge on any atom is -0.256 e. The highest BCUT2D eigenvalue weighted by molar-refractivity contribution is 7.13. The van der Waals surface area contributed by atoms with Gasteiger partial charge in [0.1, 0.15) is 8.07 Å². The summed E-state index contributed by atoms with van der Waals surface area (Å²) < 4.78 is 0. The van der Waals surface area contributed by atoms with Crippen molar-refractivity contribution in [2.45, 2.75) is 54.6 Å². The van der Waals surface area contributed by atoms with Crippen LogP contribution >= 0.6 is 0 Å². The normalized spacial score (nSPS) is 14.1. The number of rotatable bonds is 6. The van der Waals surface area contributed by atoms with Crippen molar-refractivity contribution in [1.82, 2.24) is 19.9 Å². The van der Waals surface area contributed by atoms with Crippen molar-refractivity contribution < 1.29 is 0 Å². The molecule has 0 saturated carbocycles. The first-order valence-corrected chi connectivity index (χ1v) is 20.0. The first-order valence-electron chi connectivity index (χ1n) is 17.0. The third kappa shape index (κ3) is 5.78. The Morgan fingerprint density at radius 3 is 1.12 bits per heavy atom. The van der Waals surface area contributed by atoms with Crippen LogP contribution in [0.2, 0.25) is 13.1 Å². The second-order valence-electron chi connectivity index (χ2n) is 14.0. The molecule has 0 atom stereocenters. The fraction of sp³-hybridized carbons (Fsp3) is 0.182. The van der Waals surface area contributed by atoms with Crippen LogP contribution in [-0.4, -0.2) is 28.0 Å². The van der Waals surface area contributed by atoms with E-state index in [4.69, 9.17) is 9.97 Å². The molecule has 0 spiro atoms. The van der Waals surface area contributed by atoms with Gasteiger partial charge in [0, 0.05) is 35.9 Å². The van der Waals surface area contributed by atoms with Crippen LogP contribution in [0.5, 0.6) is 0 Å². The lowest BCUT2D eigenvalue weighted by molar-refractivity contribution is 1.25. The molecular formula is C44H42N4Si. The zero-order valence-electron chi connectivity index (χ0n) is 29.7. The first kappa shape index (κ1) is 32.3. The lowest BCUT2D eigenvalue weighted by Crippen LogP contribution is -2.29. The largest absolute Gasteiger partial charge is 0.256 e. The molecule has 6 aromatic rings. The maximum absolute atomic E-state index is 5.24. The van der Waals surface area contributed by atoms with Gasteiger partial charge >= 0.3 is 0 Å². The third-order valence-corrected chi connectivity index (χ3v) is 13.3. The summed E-state index contributed by atoms with van der Waals surface area (Å²) in [6, 6.07) is 30.1. The van der Waals surface area contributed by atoms with Crippen LogP contribution in [0.3, 0.4) is 0 Å². The van der Waals surface area contributed by atoms with Crippen molar-refractivity contribution in [3.63, 3.8) is 0 Å². The number of allylic oxidation sites excluding steroid dienone is 2. The Morgan fingerprint density at radius 2 is 0.816 bits per heavy atom. The van der Waals surface area contributed by atoms with Gasteiger partial charge in [0.2, 0.25) is 0 Å². The van der Waals surface area contributed by atoms with Crippen molar-refractivity contribution in [2.75, 3.05) is 0 Å². The van der Waals surface area contributed by atoms with Crippen LogP contribution in [0.15, 0.2) is 110 Å². The topological polar surface area (TPSA) is 51.6 Å². The lowest BCUT2D eigenvalue weighted by atomic mass is 9.82. The highest BCUT2D eigenvalue weighted by Crippen LogP contribution is 2.57. The molecule has 0 saturated heterocycles. The molecule has 0 N–H and O–H groups in total. The Balaban J connectivity index is 1.56. The van der Waals surface area contributed by atoms with E-state index in [-0.39, 0.29) is 0 Å². The minimum absolute atomic E-state index is 0.923. The van der Waals surface area contributed by atoms with E-state index in [0.717, 1.165) is 33.9 Å². The molecule has 242 valence electrons. The van der Waals surface area contributed by atoms with Gasteiger partial charge in [-0.05, 0) is 145 Å². The maximum Gasteiger partial charge on any atom is 0.119 e. The van der Waals surface area contributed by atoms with Gasteiger partial charge in [-0.1, -0.05) is 60.6 Å². The number of hydrogen-bond donors (Lipinski definition) is 0. The summed E-state index contributed by atoms with van der Waals surface area (Å²) in [6.07, 6.45) is 7.64. The molecule has 7 rings (SSSR count). The maximum atomic E-state index is 5.24. The summed E-state index contributed by atoms with van der Waals surface area (Å²) in [4.78, 5) is 19.7. The second kappa shape index (κ2) is 12.6. The van der Waals surface area contributed by atoms with Gasteiger partial charge in [-0.3, -0.25) is 19.9 Å². The van der Waals surface area contributed by atoms with Crippen LogP contribution < -0.4 is 0 Å². The van der Waals surface area contributed by atoms with Crippen molar-refractivity contribution in [3.8, 4) is 22.5 Å². The first-order chi connectivity index (χ1) is 23.5. The molecule has 0 aliphatic carbocycles. The molecule has 0 bridgehead atoms. The van der Waals surface area contributed by atoms with Gasteiger partial charge in [0.05, 0.1) is 22.8 Å². The fourth-order valence-corrected chi connectivity index (χ4v) is 11.6. The molecule has 49 heavy (non-hydrogen) atoms. The average molecular weight is 655 g/mol. The standard InChI is InChI=1S/C44H42N4Si/c1-27-21-29(3)39(30(4)22-27)41-42(40-31(5)23-28(2)24-32(40)6)44(38-18-16-34(26-48-38)36-14-10-12-20-46-36)49(7,8)43(41)37-17-15-33(25-47-37)35-13-9-11-19-45-35/h9-26H,1-8H3. The highest BCUT2D eigenvalue weighted by atomic mass is 28.3. The Hall–Kier alpha value is -5.26. The van der Waals surface area contributed by atoms with Crippen LogP contribution in [-0.2, 0) is 0 Å². The zero-order chi connectivity index (χ0) is 34.4. The SMILES string of the molecule is Cc1cc(C)c(C2=C(c3ccc(-c4ccccn4)cn3)[Si](C)(C)C(c3ccc(-c4ccccn4)cn3)=C2c2c(C)cc(C)cc2C)c(C)c1. The number of benzene rings is 2. The smallest absolute Gasteiger partial charge is 0.119 e. The molecule has 1 aliphatic heterocycles. The van der Waals surface area contributed by atoms with Crippen molar-refractivity contribution in [1.29, 1.82) is 0 Å². The van der Waals surface area contributed by atoms with E-state index in [1.165, 1.54) is 66.0 Å². The predicted octanol–water partition coefficient (Wildman–Crippen LogP) is 10.8. The Bertz CT molecular complexity index is 2060. The number of hydrogen-bond acceptors (Lipinski definition) is 4. The zero-order valence-corrected chi connectivity index (χ0v) is 30.7. The van der Waals surface area contributed by atoms with E-state index in [0.29, 0.717) is 0 Å². The van der Waals surface area contributed by atoms with E-state index in [1.54, 1.807) is 0 Å². The molecule has 0 fully saturated rings. The molecule has 2 aromatic carbocycles. The van der Waals surface area contributed by atoms with Crippen molar-refractivity contribution in [3.05, 3.63) is 166 Å². The average Bonchev–Trinajstić information content (AvgIpc) is 3.31. The minimum atomic E-state index is -2.48. The molecular weight excluding hydrogens is 613 g/mol. The quantitative estimate of drug-likeness (QED) is 0.168. The van der Waals surface area contributed by atoms with Crippen LogP contribution in [0.1, 0.15) is 55.9 Å². The summed E-state index contributed by atoms with van der Waals surface area (Å²) in [5, 5.41) is 2.69. The molecule has 0 unspecified atom stereocenters. The van der Waals surface area contributed by atoms with Crippen molar-refractivity contribution in [2.24, 2.45) is 0 Å². The van der Waals surface area contributed by atoms with E-state index in [2.05, 4.69) is 113 Å². The number of aromatic nitrogens is 4. The molecule has 0 radical (unpaired) electrons. The van der Waals surface area contributed by atoms with Gasteiger partial charge in [0.25, 0.3) is 0 Å². The Kier molecular flexibility index (Phi) is 8.33. The highest BCUT2D eigenvalue weighted by Gasteiger charge is 2.46. The van der Waals surface area contributed by atoms with Gasteiger partial charge in [-0.25, -0.2) is 0 Å². The van der Waals surface area contributed by atoms with Crippen molar-refractivity contribution >= 4 is 29.6 Å². The molecule has 5 heterocycles. The van der Waals surface area contributed by atoms with Crippen LogP contribution in [0, 0.1) is 41.5 Å². The lowest BCUT2D eigenvalue weighted by Gasteiger charge is -2.25. The van der Waals surface area contributed by atoms with Gasteiger partial charge in [-0.2, -0.15) is 0 Å². The van der Waals surface area contributed by atoms with E-state index >= 15 is 0 Å². The van der Waals surface area contributed by atoms with Gasteiger partial charge in [0.15, 0.2) is 0 Å². The summed E-state index contributed by atoms with van der Waals surface area (Å²) in [5.74, 6) is 0. The Morgan fingerprint density at radius 1 is 0.429 bits per heavy atom. The van der Waals surface area contributed by atoms with Crippen LogP contribution in [0.4, 0.5) is 0 Å². The summed E-state index contributed by atoms with van der Waals surface area (Å²) in [7, 11) is -2.48. The molecule has 4 aromatic heterocycles. The van der Waals surface area contributed by atoms with Crippen LogP contribution in [0.25, 0.3) is 44.1 Å². The number of nitrogens with zero attached hydrogens (tertiary/aromatic N) is 4.